The zero-order valence-electron chi connectivity index (χ0n) is 13.8. The normalized spacial score (nSPS) is 17.6. The fraction of sp³-hybridized carbons (Fsp3) is 0.471. The number of rotatable bonds is 3. The number of alkyl halides is 3. The number of amides is 1. The van der Waals surface area contributed by atoms with Gasteiger partial charge >= 0.3 is 6.18 Å². The average molecular weight is 367 g/mol. The summed E-state index contributed by atoms with van der Waals surface area (Å²) in [6.07, 6.45) is -0.181. The maximum absolute atomic E-state index is 12.7. The van der Waals surface area contributed by atoms with Crippen LogP contribution in [-0.4, -0.2) is 40.1 Å². The number of hydrogen-bond acceptors (Lipinski definition) is 5. The summed E-state index contributed by atoms with van der Waals surface area (Å²) in [4.78, 5) is 17.9. The molecule has 1 aliphatic heterocycles. The fourth-order valence-electron chi connectivity index (χ4n) is 3.20. The van der Waals surface area contributed by atoms with Crippen LogP contribution in [0, 0.1) is 0 Å². The van der Waals surface area contributed by atoms with Crippen LogP contribution in [0.5, 0.6) is 5.88 Å². The lowest BCUT2D eigenvalue weighted by Crippen LogP contribution is -2.56. The van der Waals surface area contributed by atoms with Crippen molar-refractivity contribution < 1.29 is 27.2 Å². The van der Waals surface area contributed by atoms with Crippen molar-refractivity contribution in [2.45, 2.75) is 38.0 Å². The Balaban J connectivity index is 1.37. The first-order valence-corrected chi connectivity index (χ1v) is 8.38. The van der Waals surface area contributed by atoms with E-state index in [0.717, 1.165) is 55.3 Å². The summed E-state index contributed by atoms with van der Waals surface area (Å²) in [7, 11) is 0. The highest BCUT2D eigenvalue weighted by atomic mass is 19.4. The number of pyridine rings is 1. The molecule has 2 aromatic heterocycles. The van der Waals surface area contributed by atoms with Crippen LogP contribution < -0.4 is 4.74 Å². The van der Waals surface area contributed by atoms with Gasteiger partial charge in [0.1, 0.15) is 11.9 Å². The minimum atomic E-state index is -4.45. The van der Waals surface area contributed by atoms with Crippen molar-refractivity contribution in [3.8, 4) is 5.88 Å². The molecule has 0 atom stereocenters. The molecule has 2 aromatic rings. The second-order valence-corrected chi connectivity index (χ2v) is 6.47. The molecule has 1 fully saturated rings. The molecule has 0 bridgehead atoms. The number of ether oxygens (including phenoxy) is 1. The quantitative estimate of drug-likeness (QED) is 0.835. The first-order valence-electron chi connectivity index (χ1n) is 8.38. The number of aromatic nitrogens is 2. The van der Waals surface area contributed by atoms with E-state index < -0.39 is 17.8 Å². The molecule has 0 unspecified atom stereocenters. The molecule has 6 nitrogen and oxygen atoms in total. The van der Waals surface area contributed by atoms with E-state index in [1.54, 1.807) is 4.90 Å². The maximum atomic E-state index is 12.7. The molecule has 3 heterocycles. The molecule has 26 heavy (non-hydrogen) atoms. The zero-order valence-corrected chi connectivity index (χ0v) is 13.8. The Morgan fingerprint density at radius 1 is 1.27 bits per heavy atom. The molecule has 0 radical (unpaired) electrons. The Morgan fingerprint density at radius 3 is 2.81 bits per heavy atom. The largest absolute Gasteiger partial charge is 0.471 e. The highest BCUT2D eigenvalue weighted by molar-refractivity contribution is 5.94. The number of hydrogen-bond donors (Lipinski definition) is 0. The first kappa shape index (κ1) is 16.9. The number of fused-ring (bicyclic) bond motifs is 1. The molecule has 1 saturated heterocycles. The Kier molecular flexibility index (Phi) is 4.08. The Hall–Kier alpha value is -2.58. The standard InChI is InChI=1S/C17H16F3N3O3/c18-17(19,20)10-5-6-21-14(7-10)25-11-8-23(9-11)16(24)15-12-3-1-2-4-13(12)26-22-15/h5-7,11H,1-4,8-9H2. The van der Waals surface area contributed by atoms with E-state index in [9.17, 15) is 18.0 Å². The molecular weight excluding hydrogens is 351 g/mol. The Morgan fingerprint density at radius 2 is 2.04 bits per heavy atom. The van der Waals surface area contributed by atoms with Crippen LogP contribution in [-0.2, 0) is 19.0 Å². The predicted octanol–water partition coefficient (Wildman–Crippen LogP) is 2.87. The lowest BCUT2D eigenvalue weighted by molar-refractivity contribution is -0.137. The van der Waals surface area contributed by atoms with E-state index in [2.05, 4.69) is 10.1 Å². The van der Waals surface area contributed by atoms with E-state index in [1.165, 1.54) is 0 Å². The van der Waals surface area contributed by atoms with Crippen molar-refractivity contribution >= 4 is 5.91 Å². The average Bonchev–Trinajstić information content (AvgIpc) is 3.01. The summed E-state index contributed by atoms with van der Waals surface area (Å²) < 4.78 is 48.8. The monoisotopic (exact) mass is 367 g/mol. The van der Waals surface area contributed by atoms with Crippen LogP contribution in [0.15, 0.2) is 22.9 Å². The molecule has 0 N–H and O–H groups in total. The van der Waals surface area contributed by atoms with Crippen LogP contribution in [0.4, 0.5) is 13.2 Å². The van der Waals surface area contributed by atoms with Gasteiger partial charge in [-0.3, -0.25) is 4.79 Å². The molecule has 1 amide bonds. The van der Waals surface area contributed by atoms with E-state index in [4.69, 9.17) is 9.26 Å². The minimum Gasteiger partial charge on any atom is -0.471 e. The van der Waals surface area contributed by atoms with Crippen LogP contribution >= 0.6 is 0 Å². The highest BCUT2D eigenvalue weighted by Gasteiger charge is 2.37. The first-order chi connectivity index (χ1) is 12.4. The minimum absolute atomic E-state index is 0.101. The number of aryl methyl sites for hydroxylation is 1. The van der Waals surface area contributed by atoms with Gasteiger partial charge in [0.15, 0.2) is 5.69 Å². The van der Waals surface area contributed by atoms with Gasteiger partial charge in [-0.15, -0.1) is 0 Å². The summed E-state index contributed by atoms with van der Waals surface area (Å²) in [5, 5.41) is 3.90. The van der Waals surface area contributed by atoms with Crippen molar-refractivity contribution in [3.63, 3.8) is 0 Å². The summed E-state index contributed by atoms with van der Waals surface area (Å²) in [5.41, 5.74) is 0.407. The molecule has 0 saturated carbocycles. The molecule has 2 aliphatic rings. The van der Waals surface area contributed by atoms with Crippen LogP contribution in [0.25, 0.3) is 0 Å². The zero-order chi connectivity index (χ0) is 18.3. The molecule has 0 aromatic carbocycles. The van der Waals surface area contributed by atoms with E-state index in [0.29, 0.717) is 5.69 Å². The van der Waals surface area contributed by atoms with Gasteiger partial charge in [0.2, 0.25) is 5.88 Å². The number of carbonyl (C=O) groups excluding carboxylic acids is 1. The molecule has 1 aliphatic carbocycles. The van der Waals surface area contributed by atoms with Crippen LogP contribution in [0.2, 0.25) is 0 Å². The number of halogens is 3. The lowest BCUT2D eigenvalue weighted by atomic mass is 9.96. The van der Waals surface area contributed by atoms with Crippen molar-refractivity contribution in [3.05, 3.63) is 40.9 Å². The van der Waals surface area contributed by atoms with Crippen LogP contribution in [0.3, 0.4) is 0 Å². The fourth-order valence-corrected chi connectivity index (χ4v) is 3.20. The molecule has 138 valence electrons. The van der Waals surface area contributed by atoms with Gasteiger partial charge < -0.3 is 14.2 Å². The molecule has 4 rings (SSSR count). The van der Waals surface area contributed by atoms with Gasteiger partial charge in [-0.25, -0.2) is 4.98 Å². The lowest BCUT2D eigenvalue weighted by Gasteiger charge is -2.38. The van der Waals surface area contributed by atoms with Crippen molar-refractivity contribution in [1.29, 1.82) is 0 Å². The second kappa shape index (κ2) is 6.30. The predicted molar refractivity (Wildman–Crippen MR) is 82.7 cm³/mol. The topological polar surface area (TPSA) is 68.5 Å². The van der Waals surface area contributed by atoms with E-state index in [1.807, 2.05) is 0 Å². The summed E-state index contributed by atoms with van der Waals surface area (Å²) in [6.45, 7) is 0.552. The molecule has 9 heteroatoms. The molecule has 0 spiro atoms. The number of nitrogens with zero attached hydrogens (tertiary/aromatic N) is 3. The van der Waals surface area contributed by atoms with E-state index >= 15 is 0 Å². The maximum Gasteiger partial charge on any atom is 0.416 e. The Bertz CT molecular complexity index is 828. The third-order valence-corrected chi connectivity index (χ3v) is 4.64. The Labute approximate surface area is 146 Å². The number of likely N-dealkylation sites (tertiary alicyclic amines) is 1. The smallest absolute Gasteiger partial charge is 0.416 e. The van der Waals surface area contributed by atoms with Gasteiger partial charge in [0.05, 0.1) is 18.7 Å². The highest BCUT2D eigenvalue weighted by Crippen LogP contribution is 2.31. The summed E-state index contributed by atoms with van der Waals surface area (Å²) in [5.74, 6) is 0.450. The van der Waals surface area contributed by atoms with Gasteiger partial charge in [-0.1, -0.05) is 5.16 Å². The van der Waals surface area contributed by atoms with Gasteiger partial charge in [-0.2, -0.15) is 13.2 Å². The van der Waals surface area contributed by atoms with Crippen molar-refractivity contribution in [2.75, 3.05) is 13.1 Å². The van der Waals surface area contributed by atoms with E-state index in [-0.39, 0.29) is 24.9 Å². The van der Waals surface area contributed by atoms with Crippen molar-refractivity contribution in [2.24, 2.45) is 0 Å². The van der Waals surface area contributed by atoms with Gasteiger partial charge in [-0.05, 0) is 25.3 Å². The third kappa shape index (κ3) is 3.13. The summed E-state index contributed by atoms with van der Waals surface area (Å²) in [6, 6.07) is 1.75. The second-order valence-electron chi connectivity index (χ2n) is 6.47. The van der Waals surface area contributed by atoms with Crippen LogP contribution in [0.1, 0.15) is 40.2 Å². The SMILES string of the molecule is O=C(c1noc2c1CCCC2)N1CC(Oc2cc(C(F)(F)F)ccn2)C1. The number of carbonyl (C=O) groups is 1. The third-order valence-electron chi connectivity index (χ3n) is 4.64. The van der Waals surface area contributed by atoms with Crippen molar-refractivity contribution in [1.82, 2.24) is 15.0 Å². The molecular formula is C17H16F3N3O3. The van der Waals surface area contributed by atoms with Gasteiger partial charge in [0, 0.05) is 24.2 Å². The van der Waals surface area contributed by atoms with Gasteiger partial charge in [0.25, 0.3) is 5.91 Å². The summed E-state index contributed by atoms with van der Waals surface area (Å²) >= 11 is 0.